The Morgan fingerprint density at radius 1 is 1.24 bits per heavy atom. The minimum absolute atomic E-state index is 0.0148. The Morgan fingerprint density at radius 3 is 2.64 bits per heavy atom. The maximum atomic E-state index is 12.9. The van der Waals surface area contributed by atoms with Gasteiger partial charge in [0.1, 0.15) is 0 Å². The van der Waals surface area contributed by atoms with E-state index in [-0.39, 0.29) is 5.91 Å². The van der Waals surface area contributed by atoms with Crippen molar-refractivity contribution in [2.45, 2.75) is 6.54 Å². The molecular formula is C19H21N3O2S. The van der Waals surface area contributed by atoms with Gasteiger partial charge in [-0.25, -0.2) is 0 Å². The summed E-state index contributed by atoms with van der Waals surface area (Å²) in [5.74, 6) is 0.0148. The molecule has 0 fully saturated rings. The van der Waals surface area contributed by atoms with Crippen molar-refractivity contribution < 1.29 is 9.53 Å². The summed E-state index contributed by atoms with van der Waals surface area (Å²) in [5.41, 5.74) is 3.90. The smallest absolute Gasteiger partial charge is 0.254 e. The van der Waals surface area contributed by atoms with E-state index >= 15 is 0 Å². The second-order valence-electron chi connectivity index (χ2n) is 5.83. The molecule has 130 valence electrons. The molecule has 3 rings (SSSR count). The molecule has 0 saturated heterocycles. The molecule has 25 heavy (non-hydrogen) atoms. The van der Waals surface area contributed by atoms with Crippen molar-refractivity contribution in [3.8, 4) is 11.1 Å². The number of aryl methyl sites for hydroxylation is 1. The van der Waals surface area contributed by atoms with Crippen LogP contribution in [0.2, 0.25) is 0 Å². The molecule has 6 heteroatoms. The van der Waals surface area contributed by atoms with Gasteiger partial charge in [-0.3, -0.25) is 9.48 Å². The van der Waals surface area contributed by atoms with Gasteiger partial charge >= 0.3 is 0 Å². The molecule has 3 aromatic rings. The number of hydrogen-bond acceptors (Lipinski definition) is 4. The first-order valence-corrected chi connectivity index (χ1v) is 9.00. The lowest BCUT2D eigenvalue weighted by molar-refractivity contribution is 0.0680. The van der Waals surface area contributed by atoms with Gasteiger partial charge in [-0.15, -0.1) is 0 Å². The number of ether oxygens (including phenoxy) is 1. The molecule has 0 bridgehead atoms. The maximum Gasteiger partial charge on any atom is 0.254 e. The summed E-state index contributed by atoms with van der Waals surface area (Å²) in [6.07, 6.45) is 3.77. The van der Waals surface area contributed by atoms with Crippen LogP contribution in [-0.4, -0.2) is 40.8 Å². The highest BCUT2D eigenvalue weighted by Gasteiger charge is 2.16. The second kappa shape index (κ2) is 8.09. The van der Waals surface area contributed by atoms with Crippen LogP contribution in [0.3, 0.4) is 0 Å². The van der Waals surface area contributed by atoms with Gasteiger partial charge in [-0.05, 0) is 40.1 Å². The zero-order valence-corrected chi connectivity index (χ0v) is 15.2. The summed E-state index contributed by atoms with van der Waals surface area (Å²) in [7, 11) is 3.54. The van der Waals surface area contributed by atoms with Crippen molar-refractivity contribution in [1.29, 1.82) is 0 Å². The summed E-state index contributed by atoms with van der Waals surface area (Å²) < 4.78 is 6.92. The van der Waals surface area contributed by atoms with Crippen LogP contribution >= 0.6 is 11.3 Å². The Labute approximate surface area is 151 Å². The van der Waals surface area contributed by atoms with Gasteiger partial charge < -0.3 is 9.64 Å². The second-order valence-corrected chi connectivity index (χ2v) is 6.61. The first-order chi connectivity index (χ1) is 12.2. The van der Waals surface area contributed by atoms with Gasteiger partial charge in [-0.1, -0.05) is 12.1 Å². The zero-order valence-electron chi connectivity index (χ0n) is 14.4. The van der Waals surface area contributed by atoms with E-state index < -0.39 is 0 Å². The molecule has 2 aromatic heterocycles. The van der Waals surface area contributed by atoms with Crippen LogP contribution < -0.4 is 0 Å². The number of nitrogens with zero attached hydrogens (tertiary/aromatic N) is 3. The van der Waals surface area contributed by atoms with Crippen LogP contribution in [0.15, 0.2) is 53.5 Å². The summed E-state index contributed by atoms with van der Waals surface area (Å²) in [4.78, 5) is 14.7. The van der Waals surface area contributed by atoms with E-state index in [4.69, 9.17) is 4.74 Å². The predicted octanol–water partition coefficient (Wildman–Crippen LogP) is 3.44. The Balaban J connectivity index is 1.76. The van der Waals surface area contributed by atoms with Crippen molar-refractivity contribution >= 4 is 17.2 Å². The van der Waals surface area contributed by atoms with Crippen molar-refractivity contribution in [2.24, 2.45) is 7.05 Å². The highest BCUT2D eigenvalue weighted by Crippen LogP contribution is 2.20. The van der Waals surface area contributed by atoms with E-state index in [9.17, 15) is 4.79 Å². The van der Waals surface area contributed by atoms with E-state index in [0.29, 0.717) is 25.3 Å². The predicted molar refractivity (Wildman–Crippen MR) is 99.6 cm³/mol. The quantitative estimate of drug-likeness (QED) is 0.652. The Bertz CT molecular complexity index is 810. The third-order valence-corrected chi connectivity index (χ3v) is 4.71. The fraction of sp³-hybridized carbons (Fsp3) is 0.263. The highest BCUT2D eigenvalue weighted by atomic mass is 32.1. The number of hydrogen-bond donors (Lipinski definition) is 0. The van der Waals surface area contributed by atoms with Crippen molar-refractivity contribution in [2.75, 3.05) is 20.3 Å². The van der Waals surface area contributed by atoms with Crippen LogP contribution in [0.5, 0.6) is 0 Å². The highest BCUT2D eigenvalue weighted by molar-refractivity contribution is 7.07. The molecule has 2 heterocycles. The van der Waals surface area contributed by atoms with E-state index in [2.05, 4.69) is 10.5 Å². The summed E-state index contributed by atoms with van der Waals surface area (Å²) in [6.45, 7) is 1.68. The van der Waals surface area contributed by atoms with Crippen LogP contribution in [-0.2, 0) is 18.3 Å². The molecule has 0 saturated carbocycles. The number of carbonyl (C=O) groups is 1. The molecule has 1 aromatic carbocycles. The van der Waals surface area contributed by atoms with Gasteiger partial charge in [-0.2, -0.15) is 16.4 Å². The summed E-state index contributed by atoms with van der Waals surface area (Å²) >= 11 is 1.64. The molecule has 5 nitrogen and oxygen atoms in total. The molecule has 0 unspecified atom stereocenters. The molecule has 0 spiro atoms. The summed E-state index contributed by atoms with van der Waals surface area (Å²) in [5, 5.41) is 8.28. The van der Waals surface area contributed by atoms with Crippen LogP contribution in [0, 0.1) is 0 Å². The normalized spacial score (nSPS) is 10.8. The first-order valence-electron chi connectivity index (χ1n) is 8.06. The van der Waals surface area contributed by atoms with E-state index in [1.807, 2.05) is 60.1 Å². The third kappa shape index (κ3) is 4.35. The molecule has 0 aliphatic rings. The van der Waals surface area contributed by atoms with E-state index in [1.54, 1.807) is 23.1 Å². The number of thiophene rings is 1. The van der Waals surface area contributed by atoms with Crippen LogP contribution in [0.1, 0.15) is 15.9 Å². The molecule has 1 amide bonds. The number of amides is 1. The van der Waals surface area contributed by atoms with Crippen molar-refractivity contribution in [3.05, 3.63) is 64.6 Å². The SMILES string of the molecule is COCCN(Cc1ccsc1)C(=O)c1ccc(-c2cnn(C)c2)cc1. The first kappa shape index (κ1) is 17.4. The number of carbonyl (C=O) groups excluding carboxylic acids is 1. The molecule has 0 radical (unpaired) electrons. The van der Waals surface area contributed by atoms with E-state index in [0.717, 1.165) is 16.7 Å². The number of rotatable bonds is 7. The largest absolute Gasteiger partial charge is 0.383 e. The lowest BCUT2D eigenvalue weighted by atomic mass is 10.1. The molecule has 0 aliphatic carbocycles. The average Bonchev–Trinajstić information content (AvgIpc) is 3.30. The molecule has 0 N–H and O–H groups in total. The number of benzene rings is 1. The Kier molecular flexibility index (Phi) is 5.63. The monoisotopic (exact) mass is 355 g/mol. The third-order valence-electron chi connectivity index (χ3n) is 3.98. The lowest BCUT2D eigenvalue weighted by Crippen LogP contribution is -2.33. The Hall–Kier alpha value is -2.44. The minimum atomic E-state index is 0.0148. The fourth-order valence-corrected chi connectivity index (χ4v) is 3.27. The number of methoxy groups -OCH3 is 1. The van der Waals surface area contributed by atoms with Crippen LogP contribution in [0.25, 0.3) is 11.1 Å². The van der Waals surface area contributed by atoms with Crippen LogP contribution in [0.4, 0.5) is 0 Å². The minimum Gasteiger partial charge on any atom is -0.383 e. The Morgan fingerprint density at radius 2 is 2.04 bits per heavy atom. The van der Waals surface area contributed by atoms with Gasteiger partial charge in [0.05, 0.1) is 12.8 Å². The van der Waals surface area contributed by atoms with Gasteiger partial charge in [0.2, 0.25) is 0 Å². The number of aromatic nitrogens is 2. The maximum absolute atomic E-state index is 12.9. The zero-order chi connectivity index (χ0) is 17.6. The topological polar surface area (TPSA) is 47.4 Å². The van der Waals surface area contributed by atoms with E-state index in [1.165, 1.54) is 0 Å². The van der Waals surface area contributed by atoms with Gasteiger partial charge in [0.25, 0.3) is 5.91 Å². The van der Waals surface area contributed by atoms with Gasteiger partial charge in [0.15, 0.2) is 0 Å². The standard InChI is InChI=1S/C19H21N3O2S/c1-21-13-18(11-20-21)16-3-5-17(6-4-16)19(23)22(8-9-24-2)12-15-7-10-25-14-15/h3-7,10-11,13-14H,8-9,12H2,1-2H3. The van der Waals surface area contributed by atoms with Crippen molar-refractivity contribution in [3.63, 3.8) is 0 Å². The average molecular weight is 355 g/mol. The molecular weight excluding hydrogens is 334 g/mol. The lowest BCUT2D eigenvalue weighted by Gasteiger charge is -2.22. The molecule has 0 atom stereocenters. The molecule has 0 aliphatic heterocycles. The fourth-order valence-electron chi connectivity index (χ4n) is 2.62. The summed E-state index contributed by atoms with van der Waals surface area (Å²) in [6, 6.07) is 9.71. The van der Waals surface area contributed by atoms with Gasteiger partial charge in [0, 0.05) is 44.6 Å². The van der Waals surface area contributed by atoms with Crippen molar-refractivity contribution in [1.82, 2.24) is 14.7 Å².